The number of nitrogens with one attached hydrogen (secondary N) is 9. The van der Waals surface area contributed by atoms with Crippen molar-refractivity contribution in [2.24, 2.45) is 40.1 Å². The second-order valence-electron chi connectivity index (χ2n) is 28.6. The molecule has 4 aromatic heterocycles. The molecule has 4 aromatic rings. The molecule has 0 aromatic carbocycles. The topological polar surface area (TPSA) is 825 Å². The molecule has 26 atom stereocenters. The van der Waals surface area contributed by atoms with Gasteiger partial charge in [-0.1, -0.05) is 0 Å². The average Bonchev–Trinajstić information content (AvgIpc) is 0.835. The first-order valence-electron chi connectivity index (χ1n) is 37.9. The van der Waals surface area contributed by atoms with E-state index in [2.05, 4.69) is 72.4 Å². The van der Waals surface area contributed by atoms with E-state index in [1.165, 1.54) is 25.4 Å². The number of nitrogen functional groups attached to an aromatic ring is 1. The maximum absolute atomic E-state index is 15.3. The van der Waals surface area contributed by atoms with Gasteiger partial charge in [-0.05, 0) is 79.4 Å². The molecule has 36 N–H and O–H groups in total. The van der Waals surface area contributed by atoms with Crippen molar-refractivity contribution < 1.29 is 132 Å². The maximum atomic E-state index is 15.3. The Labute approximate surface area is 687 Å². The number of ether oxygens (including phenoxy) is 7. The lowest BCUT2D eigenvalue weighted by atomic mass is 9.97. The number of thiazole rings is 2. The summed E-state index contributed by atoms with van der Waals surface area (Å²) in [4.78, 5) is 145. The zero-order valence-electron chi connectivity index (χ0n) is 65.3. The minimum Gasteiger partial charge on any atom is -0.441 e. The van der Waals surface area contributed by atoms with Crippen molar-refractivity contribution in [3.8, 4) is 10.7 Å². The standard InChI is InChI=1S/C68H110N22O27S2/c1-25-42(87-57(89-55(25)74)31(16-38(72)95)81-18-30(71)56(75)105)59(107)88-44(52(32-19-78-24-83-32)114-67-54(48(101)45(98)35(21-91)113-67)115-66-50(103)53(116-68(76)110)46(99)36(22-92)112-66)61(109)84-26(2)34(94)17-40(97)86-43(27(3)93)60(108)90-62(117-65-49(102)47(100)41(73)28(4)111-65)51(104)64-85-33(23-118-64)63-82-20-37(119-63)58(106)80-13-7-9-29(70)15-39(96)79-14-8-12-77-11-6-5-10-69/h19-20,23-24,26-31,34-36,41,43-54,62,65-67,77,81,91-94,98-104H,5-18,21-22,69-71,73H2,1-4H3,(H2,72,95)(H2,75,105)(H2,76,110)(H,78,83)(H,79,96)(H,80,106)(H,84,109)(H,86,97)(H,88,107)(H,90,108)(H2,74,87,89)/t26-,27-,28+,29?,30+,31?,34+,35+,36-,41-,43+,44+,45-,46-,47-,48+,49-,50+,51?,52+,53+,54+,62?,65+,66-,67+/m1/s1. The number of hydrogen-bond acceptors (Lipinski definition) is 41. The van der Waals surface area contributed by atoms with E-state index in [1.807, 2.05) is 0 Å². The summed E-state index contributed by atoms with van der Waals surface area (Å²) in [5.74, 6) is -8.58. The van der Waals surface area contributed by atoms with Crippen LogP contribution in [0, 0.1) is 6.92 Å². The van der Waals surface area contributed by atoms with E-state index in [0.717, 1.165) is 81.4 Å². The molecule has 51 heteroatoms. The Bertz CT molecular complexity index is 3960. The number of carbonyl (C=O) groups is 9. The van der Waals surface area contributed by atoms with Crippen molar-refractivity contribution in [1.82, 2.24) is 72.4 Å². The lowest BCUT2D eigenvalue weighted by Gasteiger charge is -2.47. The zero-order valence-corrected chi connectivity index (χ0v) is 66.9. The van der Waals surface area contributed by atoms with E-state index in [-0.39, 0.29) is 50.7 Å². The van der Waals surface area contributed by atoms with Gasteiger partial charge in [0, 0.05) is 49.5 Å². The van der Waals surface area contributed by atoms with Gasteiger partial charge >= 0.3 is 6.09 Å². The number of aromatic amines is 1. The van der Waals surface area contributed by atoms with Gasteiger partial charge in [0.15, 0.2) is 37.3 Å². The molecule has 3 aliphatic rings. The van der Waals surface area contributed by atoms with E-state index in [4.69, 9.17) is 79.0 Å². The van der Waals surface area contributed by atoms with Crippen LogP contribution in [0.5, 0.6) is 0 Å². The van der Waals surface area contributed by atoms with Crippen molar-refractivity contribution in [2.45, 2.75) is 238 Å². The Hall–Kier alpha value is -8.54. The smallest absolute Gasteiger partial charge is 0.404 e. The molecule has 3 aliphatic heterocycles. The third-order valence-corrected chi connectivity index (χ3v) is 21.2. The number of aromatic nitrogens is 6. The number of H-pyrrole nitrogens is 1. The highest BCUT2D eigenvalue weighted by Crippen LogP contribution is 2.36. The SMILES string of the molecule is Cc1c(N)nc(C(CC(N)=O)NC[C@H](N)C(N)=O)nc1C(=O)N[C@H](C(=O)N[C@H](C)[C@@H](O)CC(=O)N[C@H](C(=O)NC(O[C@@H]1O[C@@H](C)[C@@H](N)[C@@H](O)[C@H]1O)C(O)c1nc(-c2ncc(C(=O)NCCCC(N)CC(=O)NCCCNCCCCN)s2)cs1)[C@@H](C)O)[C@@H](O[C@@H]1O[C@@H](CO)[C@@H](O)[C@H](O)[C@@H]1O[C@H]1O[C@H](CO)[C@@H](O)[C@H](OC(N)=O)[C@@H]1O)c1cnc[nH]1. The number of rotatable bonds is 47. The summed E-state index contributed by atoms with van der Waals surface area (Å²) in [5, 5.41) is 145. The van der Waals surface area contributed by atoms with Crippen molar-refractivity contribution in [2.75, 3.05) is 58.2 Å². The molecule has 9 amide bonds. The van der Waals surface area contributed by atoms with Gasteiger partial charge < -0.3 is 183 Å². The average molecular weight is 1730 g/mol. The van der Waals surface area contributed by atoms with E-state index in [0.29, 0.717) is 25.9 Å². The normalized spacial score (nSPS) is 26.0. The number of anilines is 1. The molecule has 7 heterocycles. The predicted octanol–water partition coefficient (Wildman–Crippen LogP) is -11.3. The fourth-order valence-corrected chi connectivity index (χ4v) is 14.0. The summed E-state index contributed by atoms with van der Waals surface area (Å²) in [7, 11) is 0. The van der Waals surface area contributed by atoms with Gasteiger partial charge in [-0.2, -0.15) is 0 Å². The van der Waals surface area contributed by atoms with Crippen molar-refractivity contribution in [3.63, 3.8) is 0 Å². The molecule has 49 nitrogen and oxygen atoms in total. The number of hydrogen-bond donors (Lipinski definition) is 28. The van der Waals surface area contributed by atoms with Crippen LogP contribution in [0.2, 0.25) is 0 Å². The lowest BCUT2D eigenvalue weighted by Crippen LogP contribution is -2.65. The van der Waals surface area contributed by atoms with Crippen LogP contribution in [0.15, 0.2) is 24.1 Å². The molecular weight excluding hydrogens is 1620 g/mol. The van der Waals surface area contributed by atoms with Crippen molar-refractivity contribution in [1.29, 1.82) is 0 Å². The summed E-state index contributed by atoms with van der Waals surface area (Å²) in [6.07, 6.45) is -33.2. The van der Waals surface area contributed by atoms with Crippen molar-refractivity contribution >= 4 is 81.8 Å². The predicted molar refractivity (Wildman–Crippen MR) is 412 cm³/mol. The van der Waals surface area contributed by atoms with Gasteiger partial charge in [-0.15, -0.1) is 22.7 Å². The number of nitrogens with two attached hydrogens (primary N) is 8. The molecule has 3 saturated heterocycles. The summed E-state index contributed by atoms with van der Waals surface area (Å²) >= 11 is 1.76. The first kappa shape index (κ1) is 97.6. The monoisotopic (exact) mass is 1730 g/mol. The second-order valence-corrected chi connectivity index (χ2v) is 30.5. The highest BCUT2D eigenvalue weighted by Gasteiger charge is 2.54. The number of imidazole rings is 1. The molecule has 0 aliphatic carbocycles. The molecule has 7 rings (SSSR count). The number of aliphatic hydroxyl groups is 11. The van der Waals surface area contributed by atoms with Gasteiger partial charge in [0.1, 0.15) is 111 Å². The van der Waals surface area contributed by atoms with Crippen LogP contribution in [-0.4, -0.2) is 333 Å². The Balaban J connectivity index is 1.11. The van der Waals surface area contributed by atoms with E-state index in [1.54, 1.807) is 0 Å². The van der Waals surface area contributed by atoms with Crippen molar-refractivity contribution in [3.05, 3.63) is 56.8 Å². The van der Waals surface area contributed by atoms with E-state index >= 15 is 9.59 Å². The lowest BCUT2D eigenvalue weighted by molar-refractivity contribution is -0.372. The molecule has 0 radical (unpaired) electrons. The number of unbranched alkanes of at least 4 members (excludes halogenated alkanes) is 1. The molecule has 666 valence electrons. The fraction of sp³-hybridized carbons (Fsp3) is 0.676. The quantitative estimate of drug-likeness (QED) is 0.0144. The summed E-state index contributed by atoms with van der Waals surface area (Å²) in [6, 6.07) is -10.2. The van der Waals surface area contributed by atoms with E-state index < -0.39 is 256 Å². The van der Waals surface area contributed by atoms with E-state index in [9.17, 15) is 89.7 Å². The second kappa shape index (κ2) is 46.5. The van der Waals surface area contributed by atoms with Crippen LogP contribution in [-0.2, 0) is 61.9 Å². The van der Waals surface area contributed by atoms with Crippen LogP contribution in [0.1, 0.15) is 133 Å². The fourth-order valence-electron chi connectivity index (χ4n) is 12.4. The van der Waals surface area contributed by atoms with Crippen LogP contribution in [0.3, 0.4) is 0 Å². The number of amides is 9. The molecule has 4 unspecified atom stereocenters. The highest BCUT2D eigenvalue weighted by atomic mass is 32.1. The minimum absolute atomic E-state index is 0.0972. The van der Waals surface area contributed by atoms with Gasteiger partial charge in [0.05, 0.1) is 86.5 Å². The number of primary amides is 3. The number of nitrogens with zero attached hydrogens (tertiary/aromatic N) is 5. The zero-order chi connectivity index (χ0) is 87.8. The third-order valence-electron chi connectivity index (χ3n) is 19.3. The minimum atomic E-state index is -2.27. The Kier molecular flexibility index (Phi) is 38.1. The molecule has 0 spiro atoms. The summed E-state index contributed by atoms with van der Waals surface area (Å²) in [6.45, 7) is 5.34. The van der Waals surface area contributed by atoms with Gasteiger partial charge in [0.25, 0.3) is 11.8 Å². The molecule has 3 fully saturated rings. The number of carbonyl (C=O) groups excluding carboxylic acids is 9. The first-order valence-corrected chi connectivity index (χ1v) is 39.6. The molecule has 0 saturated carbocycles. The molecular formula is C68H110N22O27S2. The highest BCUT2D eigenvalue weighted by molar-refractivity contribution is 7.17. The summed E-state index contributed by atoms with van der Waals surface area (Å²) in [5.41, 5.74) is 45.1. The van der Waals surface area contributed by atoms with Gasteiger partial charge in [0.2, 0.25) is 35.4 Å². The Morgan fingerprint density at radius 2 is 1.38 bits per heavy atom. The van der Waals surface area contributed by atoms with Gasteiger partial charge in [-0.25, -0.2) is 29.7 Å². The van der Waals surface area contributed by atoms with Crippen LogP contribution >= 0.6 is 22.7 Å². The third kappa shape index (κ3) is 27.5. The largest absolute Gasteiger partial charge is 0.441 e. The maximum Gasteiger partial charge on any atom is 0.404 e. The first-order chi connectivity index (χ1) is 56.4. The van der Waals surface area contributed by atoms with Crippen LogP contribution in [0.4, 0.5) is 10.6 Å². The van der Waals surface area contributed by atoms with Gasteiger partial charge in [-0.3, -0.25) is 38.4 Å². The Morgan fingerprint density at radius 1 is 0.697 bits per heavy atom. The van der Waals surface area contributed by atoms with Crippen LogP contribution in [0.25, 0.3) is 10.7 Å². The number of aliphatic hydroxyl groups excluding tert-OH is 11. The Morgan fingerprint density at radius 3 is 2.03 bits per heavy atom. The molecule has 119 heavy (non-hydrogen) atoms. The molecule has 0 bridgehead atoms. The summed E-state index contributed by atoms with van der Waals surface area (Å²) < 4.78 is 40.5. The van der Waals surface area contributed by atoms with Crippen LogP contribution < -0.4 is 88.4 Å².